The second-order valence-corrected chi connectivity index (χ2v) is 7.45. The van der Waals surface area contributed by atoms with Crippen LogP contribution >= 0.6 is 0 Å². The summed E-state index contributed by atoms with van der Waals surface area (Å²) in [5.41, 5.74) is -0.100. The molecule has 154 valence electrons. The molecule has 0 saturated heterocycles. The third-order valence-corrected chi connectivity index (χ3v) is 4.92. The maximum Gasteiger partial charge on any atom is 0.170 e. The van der Waals surface area contributed by atoms with E-state index < -0.39 is 0 Å². The zero-order valence-electron chi connectivity index (χ0n) is 16.6. The molecule has 0 saturated carbocycles. The zero-order chi connectivity index (χ0) is 20.1. The largest absolute Gasteiger partial charge is 0.508 e. The molecule has 0 fully saturated rings. The first-order valence-electron chi connectivity index (χ1n) is 10.4. The number of carbonyl (C=O) groups is 1. The van der Waals surface area contributed by atoms with E-state index in [1.54, 1.807) is 0 Å². The van der Waals surface area contributed by atoms with Crippen molar-refractivity contribution in [1.29, 1.82) is 0 Å². The standard InChI is InChI=1S/C22H36O5/c1-2-12-17(23)13-10-8-6-4-3-5-7-9-11-14-19(25)22-20(26)15-18(24)16-21(22)27/h15-17,23-24,26-27H,2-14H2,1H3/t17-/m0/s1. The van der Waals surface area contributed by atoms with Crippen LogP contribution in [0.25, 0.3) is 0 Å². The van der Waals surface area contributed by atoms with Gasteiger partial charge in [0, 0.05) is 18.6 Å². The van der Waals surface area contributed by atoms with Crippen LogP contribution < -0.4 is 0 Å². The van der Waals surface area contributed by atoms with E-state index in [9.17, 15) is 25.2 Å². The summed E-state index contributed by atoms with van der Waals surface area (Å²) >= 11 is 0. The van der Waals surface area contributed by atoms with E-state index in [2.05, 4.69) is 6.92 Å². The molecule has 0 spiro atoms. The number of rotatable bonds is 15. The van der Waals surface area contributed by atoms with Gasteiger partial charge in [-0.05, 0) is 19.3 Å². The van der Waals surface area contributed by atoms with Crippen molar-refractivity contribution in [2.24, 2.45) is 0 Å². The van der Waals surface area contributed by atoms with Crippen LogP contribution in [0.1, 0.15) is 101 Å². The maximum atomic E-state index is 12.1. The van der Waals surface area contributed by atoms with E-state index in [4.69, 9.17) is 0 Å². The number of ketones is 1. The number of Topliss-reactive ketones (excluding diaryl/α,β-unsaturated/α-hetero) is 1. The third kappa shape index (κ3) is 9.66. The van der Waals surface area contributed by atoms with E-state index in [0.717, 1.165) is 63.5 Å². The zero-order valence-corrected chi connectivity index (χ0v) is 16.6. The molecule has 0 radical (unpaired) electrons. The molecule has 0 aromatic heterocycles. The van der Waals surface area contributed by atoms with Crippen molar-refractivity contribution in [2.75, 3.05) is 0 Å². The molecular formula is C22H36O5. The minimum Gasteiger partial charge on any atom is -0.508 e. The van der Waals surface area contributed by atoms with Crippen molar-refractivity contribution < 1.29 is 25.2 Å². The summed E-state index contributed by atoms with van der Waals surface area (Å²) in [4.78, 5) is 12.1. The summed E-state index contributed by atoms with van der Waals surface area (Å²) in [5.74, 6) is -1.31. The fourth-order valence-corrected chi connectivity index (χ4v) is 3.39. The average Bonchev–Trinajstić information content (AvgIpc) is 2.59. The van der Waals surface area contributed by atoms with Gasteiger partial charge in [0.1, 0.15) is 22.8 Å². The molecule has 0 aliphatic heterocycles. The number of aliphatic hydroxyl groups is 1. The van der Waals surface area contributed by atoms with Crippen LogP contribution in [0.3, 0.4) is 0 Å². The quantitative estimate of drug-likeness (QED) is 0.240. The second-order valence-electron chi connectivity index (χ2n) is 7.45. The molecule has 5 heteroatoms. The maximum absolute atomic E-state index is 12.1. The summed E-state index contributed by atoms with van der Waals surface area (Å²) in [6.07, 6.45) is 12.9. The number of hydrogen-bond donors (Lipinski definition) is 4. The lowest BCUT2D eigenvalue weighted by atomic mass is 10.0. The molecule has 1 aromatic rings. The number of phenols is 3. The first kappa shape index (κ1) is 23.3. The first-order chi connectivity index (χ1) is 13.0. The van der Waals surface area contributed by atoms with Crippen LogP contribution in [-0.4, -0.2) is 32.3 Å². The molecule has 1 atom stereocenters. The van der Waals surface area contributed by atoms with Crippen molar-refractivity contribution >= 4 is 5.78 Å². The highest BCUT2D eigenvalue weighted by atomic mass is 16.3. The summed E-state index contributed by atoms with van der Waals surface area (Å²) < 4.78 is 0. The Morgan fingerprint density at radius 2 is 1.30 bits per heavy atom. The highest BCUT2D eigenvalue weighted by Crippen LogP contribution is 2.33. The first-order valence-corrected chi connectivity index (χ1v) is 10.4. The smallest absolute Gasteiger partial charge is 0.170 e. The topological polar surface area (TPSA) is 98.0 Å². The highest BCUT2D eigenvalue weighted by molar-refractivity contribution is 6.01. The monoisotopic (exact) mass is 380 g/mol. The lowest BCUT2D eigenvalue weighted by molar-refractivity contribution is 0.0973. The van der Waals surface area contributed by atoms with Crippen LogP contribution in [-0.2, 0) is 0 Å². The minimum atomic E-state index is -0.375. The number of phenolic OH excluding ortho intramolecular Hbond substituents is 3. The van der Waals surface area contributed by atoms with Crippen molar-refractivity contribution in [2.45, 2.75) is 96.5 Å². The second kappa shape index (κ2) is 13.4. The van der Waals surface area contributed by atoms with Gasteiger partial charge in [0.2, 0.25) is 0 Å². The Labute approximate surface area is 163 Å². The molecule has 27 heavy (non-hydrogen) atoms. The minimum absolute atomic E-state index is 0.100. The van der Waals surface area contributed by atoms with Gasteiger partial charge < -0.3 is 20.4 Å². The van der Waals surface area contributed by atoms with E-state index in [0.29, 0.717) is 0 Å². The van der Waals surface area contributed by atoms with Gasteiger partial charge in [-0.25, -0.2) is 0 Å². The number of unbranched alkanes of at least 4 members (excludes halogenated alkanes) is 8. The van der Waals surface area contributed by atoms with Crippen molar-refractivity contribution in [3.63, 3.8) is 0 Å². The fraction of sp³-hybridized carbons (Fsp3) is 0.682. The summed E-state index contributed by atoms with van der Waals surface area (Å²) in [7, 11) is 0. The third-order valence-electron chi connectivity index (χ3n) is 4.92. The molecule has 0 aliphatic carbocycles. The molecule has 1 rings (SSSR count). The molecule has 5 nitrogen and oxygen atoms in total. The van der Waals surface area contributed by atoms with Gasteiger partial charge in [-0.2, -0.15) is 0 Å². The van der Waals surface area contributed by atoms with Gasteiger partial charge in [-0.3, -0.25) is 4.79 Å². The molecule has 0 bridgehead atoms. The number of benzene rings is 1. The van der Waals surface area contributed by atoms with Crippen LogP contribution in [0.2, 0.25) is 0 Å². The van der Waals surface area contributed by atoms with Crippen molar-refractivity contribution in [1.82, 2.24) is 0 Å². The van der Waals surface area contributed by atoms with E-state index in [1.807, 2.05) is 0 Å². The Hall–Kier alpha value is -1.75. The van der Waals surface area contributed by atoms with Crippen molar-refractivity contribution in [3.05, 3.63) is 17.7 Å². The van der Waals surface area contributed by atoms with Gasteiger partial charge in [0.15, 0.2) is 5.78 Å². The van der Waals surface area contributed by atoms with Gasteiger partial charge in [0.25, 0.3) is 0 Å². The fourth-order valence-electron chi connectivity index (χ4n) is 3.39. The Kier molecular flexibility index (Phi) is 11.6. The van der Waals surface area contributed by atoms with E-state index >= 15 is 0 Å². The predicted molar refractivity (Wildman–Crippen MR) is 107 cm³/mol. The van der Waals surface area contributed by atoms with Crippen LogP contribution in [0, 0.1) is 0 Å². The number of aliphatic hydroxyl groups excluding tert-OH is 1. The predicted octanol–water partition coefficient (Wildman–Crippen LogP) is 5.44. The van der Waals surface area contributed by atoms with Crippen molar-refractivity contribution in [3.8, 4) is 17.2 Å². The SMILES string of the molecule is CCC[C@H](O)CCCCCCCCCCCC(=O)c1c(O)cc(O)cc1O. The molecule has 0 amide bonds. The summed E-state index contributed by atoms with van der Waals surface area (Å²) in [5, 5.41) is 38.3. The van der Waals surface area contributed by atoms with Gasteiger partial charge in [0.05, 0.1) is 6.10 Å². The Balaban J connectivity index is 2.03. The Morgan fingerprint density at radius 3 is 1.81 bits per heavy atom. The molecule has 0 heterocycles. The average molecular weight is 381 g/mol. The normalized spacial score (nSPS) is 12.2. The van der Waals surface area contributed by atoms with Gasteiger partial charge >= 0.3 is 0 Å². The highest BCUT2D eigenvalue weighted by Gasteiger charge is 2.17. The summed E-state index contributed by atoms with van der Waals surface area (Å²) in [6.45, 7) is 2.10. The van der Waals surface area contributed by atoms with Gasteiger partial charge in [-0.15, -0.1) is 0 Å². The van der Waals surface area contributed by atoms with Crippen LogP contribution in [0.5, 0.6) is 17.2 Å². The molecule has 1 aromatic carbocycles. The molecule has 4 N–H and O–H groups in total. The summed E-state index contributed by atoms with van der Waals surface area (Å²) in [6, 6.07) is 2.13. The van der Waals surface area contributed by atoms with Crippen LogP contribution in [0.15, 0.2) is 12.1 Å². The van der Waals surface area contributed by atoms with Gasteiger partial charge in [-0.1, -0.05) is 64.7 Å². The lowest BCUT2D eigenvalue weighted by Gasteiger charge is -2.08. The lowest BCUT2D eigenvalue weighted by Crippen LogP contribution is -2.04. The molecule has 0 unspecified atom stereocenters. The van der Waals surface area contributed by atoms with Crippen LogP contribution in [0.4, 0.5) is 0 Å². The van der Waals surface area contributed by atoms with E-state index in [-0.39, 0.29) is 41.1 Å². The number of hydrogen-bond acceptors (Lipinski definition) is 5. The number of aromatic hydroxyl groups is 3. The number of carbonyl (C=O) groups excluding carboxylic acids is 1. The van der Waals surface area contributed by atoms with E-state index in [1.165, 1.54) is 25.7 Å². The Morgan fingerprint density at radius 1 is 0.815 bits per heavy atom. The Bertz CT molecular complexity index is 533. The molecule has 0 aliphatic rings. The molecular weight excluding hydrogens is 344 g/mol.